The summed E-state index contributed by atoms with van der Waals surface area (Å²) < 4.78 is 0. The minimum atomic E-state index is 0.536. The standard InChI is InChI=1S/C17H24N4/c1-4-18-17-19-15-8-6-5-7-14(15)16(20-17)21-11-12(2)9-10-13(21)3/h5-8,12-13H,4,9-11H2,1-3H3,(H,18,19,20). The summed E-state index contributed by atoms with van der Waals surface area (Å²) in [5.41, 5.74) is 1.02. The first kappa shape index (κ1) is 14.1. The Labute approximate surface area is 126 Å². The number of benzene rings is 1. The van der Waals surface area contributed by atoms with Crippen molar-refractivity contribution in [3.05, 3.63) is 24.3 Å². The second kappa shape index (κ2) is 5.88. The van der Waals surface area contributed by atoms with Gasteiger partial charge in [-0.25, -0.2) is 4.98 Å². The molecule has 0 spiro atoms. The van der Waals surface area contributed by atoms with Gasteiger partial charge in [-0.05, 0) is 44.7 Å². The lowest BCUT2D eigenvalue weighted by atomic mass is 9.95. The topological polar surface area (TPSA) is 41.1 Å². The lowest BCUT2D eigenvalue weighted by Crippen LogP contribution is -2.41. The van der Waals surface area contributed by atoms with Crippen molar-refractivity contribution in [2.45, 2.75) is 39.7 Å². The quantitative estimate of drug-likeness (QED) is 0.933. The van der Waals surface area contributed by atoms with Crippen LogP contribution >= 0.6 is 0 Å². The van der Waals surface area contributed by atoms with Gasteiger partial charge in [0.05, 0.1) is 5.52 Å². The van der Waals surface area contributed by atoms with E-state index in [1.165, 1.54) is 12.8 Å². The van der Waals surface area contributed by atoms with Crippen molar-refractivity contribution in [1.29, 1.82) is 0 Å². The fourth-order valence-electron chi connectivity index (χ4n) is 3.10. The van der Waals surface area contributed by atoms with Gasteiger partial charge in [0.2, 0.25) is 5.95 Å². The molecule has 0 amide bonds. The summed E-state index contributed by atoms with van der Waals surface area (Å²) in [4.78, 5) is 11.9. The molecule has 3 rings (SSSR count). The summed E-state index contributed by atoms with van der Waals surface area (Å²) in [5, 5.41) is 4.41. The molecule has 2 aromatic rings. The summed E-state index contributed by atoms with van der Waals surface area (Å²) in [6, 6.07) is 8.84. The van der Waals surface area contributed by atoms with Crippen molar-refractivity contribution in [3.8, 4) is 0 Å². The maximum Gasteiger partial charge on any atom is 0.225 e. The Balaban J connectivity index is 2.10. The van der Waals surface area contributed by atoms with Crippen molar-refractivity contribution in [3.63, 3.8) is 0 Å². The van der Waals surface area contributed by atoms with E-state index in [-0.39, 0.29) is 0 Å². The molecule has 1 aliphatic rings. The van der Waals surface area contributed by atoms with Gasteiger partial charge >= 0.3 is 0 Å². The molecule has 1 aromatic heterocycles. The van der Waals surface area contributed by atoms with Gasteiger partial charge < -0.3 is 10.2 Å². The molecule has 1 aromatic carbocycles. The van der Waals surface area contributed by atoms with Gasteiger partial charge in [-0.1, -0.05) is 19.1 Å². The Morgan fingerprint density at radius 3 is 2.81 bits per heavy atom. The highest BCUT2D eigenvalue weighted by Gasteiger charge is 2.25. The minimum absolute atomic E-state index is 0.536. The second-order valence-electron chi connectivity index (χ2n) is 6.10. The van der Waals surface area contributed by atoms with Crippen LogP contribution in [-0.4, -0.2) is 29.1 Å². The number of rotatable bonds is 3. The maximum absolute atomic E-state index is 4.80. The number of hydrogen-bond acceptors (Lipinski definition) is 4. The van der Waals surface area contributed by atoms with Gasteiger partial charge in [0.15, 0.2) is 0 Å². The highest BCUT2D eigenvalue weighted by Crippen LogP contribution is 2.31. The third kappa shape index (κ3) is 2.80. The molecule has 112 valence electrons. The average Bonchev–Trinajstić information content (AvgIpc) is 2.49. The third-order valence-corrected chi connectivity index (χ3v) is 4.31. The van der Waals surface area contributed by atoms with Gasteiger partial charge in [0.1, 0.15) is 5.82 Å². The zero-order valence-corrected chi connectivity index (χ0v) is 13.1. The monoisotopic (exact) mass is 284 g/mol. The molecular weight excluding hydrogens is 260 g/mol. The van der Waals surface area contributed by atoms with Crippen LogP contribution in [0.25, 0.3) is 10.9 Å². The lowest BCUT2D eigenvalue weighted by Gasteiger charge is -2.38. The molecule has 2 heterocycles. The largest absolute Gasteiger partial charge is 0.354 e. The lowest BCUT2D eigenvalue weighted by molar-refractivity contribution is 0.389. The normalized spacial score (nSPS) is 22.5. The number of anilines is 2. The molecule has 4 heteroatoms. The van der Waals surface area contributed by atoms with Crippen molar-refractivity contribution >= 4 is 22.7 Å². The minimum Gasteiger partial charge on any atom is -0.354 e. The SMILES string of the molecule is CCNc1nc(N2CC(C)CCC2C)c2ccccc2n1. The first-order chi connectivity index (χ1) is 10.2. The molecule has 0 aliphatic carbocycles. The van der Waals surface area contributed by atoms with E-state index >= 15 is 0 Å². The summed E-state index contributed by atoms with van der Waals surface area (Å²) in [5.74, 6) is 2.53. The molecule has 1 fully saturated rings. The number of hydrogen-bond donors (Lipinski definition) is 1. The second-order valence-corrected chi connectivity index (χ2v) is 6.10. The van der Waals surface area contributed by atoms with Crippen molar-refractivity contribution < 1.29 is 0 Å². The van der Waals surface area contributed by atoms with Gasteiger partial charge in [-0.2, -0.15) is 4.98 Å². The number of nitrogens with one attached hydrogen (secondary N) is 1. The van der Waals surface area contributed by atoms with E-state index in [0.29, 0.717) is 6.04 Å². The van der Waals surface area contributed by atoms with Crippen LogP contribution in [0.4, 0.5) is 11.8 Å². The molecule has 1 saturated heterocycles. The Morgan fingerprint density at radius 2 is 2.00 bits per heavy atom. The van der Waals surface area contributed by atoms with Crippen molar-refractivity contribution in [2.24, 2.45) is 5.92 Å². The summed E-state index contributed by atoms with van der Waals surface area (Å²) in [7, 11) is 0. The van der Waals surface area contributed by atoms with Crippen LogP contribution in [0.2, 0.25) is 0 Å². The van der Waals surface area contributed by atoms with E-state index in [1.807, 2.05) is 6.07 Å². The maximum atomic E-state index is 4.80. The van der Waals surface area contributed by atoms with Crippen molar-refractivity contribution in [1.82, 2.24) is 9.97 Å². The number of nitrogens with zero attached hydrogens (tertiary/aromatic N) is 3. The van der Waals surface area contributed by atoms with Crippen LogP contribution in [0.15, 0.2) is 24.3 Å². The number of piperidine rings is 1. The van der Waals surface area contributed by atoms with Crippen LogP contribution in [-0.2, 0) is 0 Å². The van der Waals surface area contributed by atoms with Gasteiger partial charge in [-0.15, -0.1) is 0 Å². The van der Waals surface area contributed by atoms with Gasteiger partial charge in [0, 0.05) is 24.5 Å². The number of fused-ring (bicyclic) bond motifs is 1. The molecule has 1 N–H and O–H groups in total. The van der Waals surface area contributed by atoms with Gasteiger partial charge in [-0.3, -0.25) is 0 Å². The third-order valence-electron chi connectivity index (χ3n) is 4.31. The Kier molecular flexibility index (Phi) is 3.95. The molecule has 2 atom stereocenters. The zero-order chi connectivity index (χ0) is 14.8. The molecule has 0 saturated carbocycles. The predicted molar refractivity (Wildman–Crippen MR) is 88.9 cm³/mol. The smallest absolute Gasteiger partial charge is 0.225 e. The first-order valence-electron chi connectivity index (χ1n) is 7.96. The zero-order valence-electron chi connectivity index (χ0n) is 13.1. The van der Waals surface area contributed by atoms with Crippen LogP contribution in [0.5, 0.6) is 0 Å². The molecular formula is C17H24N4. The highest BCUT2D eigenvalue weighted by molar-refractivity contribution is 5.90. The number of aromatic nitrogens is 2. The molecule has 21 heavy (non-hydrogen) atoms. The van der Waals surface area contributed by atoms with Crippen LogP contribution < -0.4 is 10.2 Å². The van der Waals surface area contributed by atoms with Gasteiger partial charge in [0.25, 0.3) is 0 Å². The fraction of sp³-hybridized carbons (Fsp3) is 0.529. The van der Waals surface area contributed by atoms with E-state index < -0.39 is 0 Å². The molecule has 0 radical (unpaired) electrons. The summed E-state index contributed by atoms with van der Waals surface area (Å²) >= 11 is 0. The van der Waals surface area contributed by atoms with E-state index in [2.05, 4.69) is 54.2 Å². The van der Waals surface area contributed by atoms with E-state index in [4.69, 9.17) is 4.98 Å². The highest BCUT2D eigenvalue weighted by atomic mass is 15.3. The first-order valence-corrected chi connectivity index (χ1v) is 7.96. The van der Waals surface area contributed by atoms with Crippen LogP contribution in [0, 0.1) is 5.92 Å². The van der Waals surface area contributed by atoms with Crippen LogP contribution in [0.3, 0.4) is 0 Å². The molecule has 4 nitrogen and oxygen atoms in total. The predicted octanol–water partition coefficient (Wildman–Crippen LogP) is 3.69. The molecule has 2 unspecified atom stereocenters. The Morgan fingerprint density at radius 1 is 1.19 bits per heavy atom. The fourth-order valence-corrected chi connectivity index (χ4v) is 3.10. The van der Waals surface area contributed by atoms with Crippen molar-refractivity contribution in [2.75, 3.05) is 23.3 Å². The molecule has 1 aliphatic heterocycles. The van der Waals surface area contributed by atoms with E-state index in [0.717, 1.165) is 41.7 Å². The number of para-hydroxylation sites is 1. The Hall–Kier alpha value is -1.84. The summed E-state index contributed by atoms with van der Waals surface area (Å²) in [6.07, 6.45) is 2.54. The average molecular weight is 284 g/mol. The van der Waals surface area contributed by atoms with E-state index in [1.54, 1.807) is 0 Å². The molecule has 0 bridgehead atoms. The summed E-state index contributed by atoms with van der Waals surface area (Å²) in [6.45, 7) is 8.62. The van der Waals surface area contributed by atoms with Crippen LogP contribution in [0.1, 0.15) is 33.6 Å². The van der Waals surface area contributed by atoms with E-state index in [9.17, 15) is 0 Å². The Bertz CT molecular complexity index is 625.